The van der Waals surface area contributed by atoms with Gasteiger partial charge in [-0.15, -0.1) is 0 Å². The molecule has 0 saturated heterocycles. The van der Waals surface area contributed by atoms with Crippen molar-refractivity contribution < 1.29 is 28.8 Å². The molecule has 0 radical (unpaired) electrons. The number of para-hydroxylation sites is 1. The van der Waals surface area contributed by atoms with Gasteiger partial charge in [-0.2, -0.15) is 0 Å². The Hall–Kier alpha value is -3.75. The predicted molar refractivity (Wildman–Crippen MR) is 96.6 cm³/mol. The summed E-state index contributed by atoms with van der Waals surface area (Å²) in [5, 5.41) is 11.2. The first kappa shape index (κ1) is 19.0. The van der Waals surface area contributed by atoms with Gasteiger partial charge in [0.05, 0.1) is 24.1 Å². The molecule has 0 N–H and O–H groups in total. The van der Waals surface area contributed by atoms with Crippen LogP contribution in [0.3, 0.4) is 0 Å². The van der Waals surface area contributed by atoms with E-state index in [1.165, 1.54) is 32.2 Å². The van der Waals surface area contributed by atoms with Gasteiger partial charge in [0.15, 0.2) is 17.6 Å². The molecule has 0 saturated carbocycles. The number of imide groups is 1. The van der Waals surface area contributed by atoms with E-state index in [0.717, 1.165) is 11.0 Å². The van der Waals surface area contributed by atoms with E-state index in [1.807, 2.05) is 0 Å². The summed E-state index contributed by atoms with van der Waals surface area (Å²) < 4.78 is 10.4. The molecule has 1 aliphatic rings. The average Bonchev–Trinajstić information content (AvgIpc) is 2.78. The van der Waals surface area contributed by atoms with E-state index in [2.05, 4.69) is 0 Å². The van der Waals surface area contributed by atoms with Gasteiger partial charge in [0.1, 0.15) is 5.75 Å². The summed E-state index contributed by atoms with van der Waals surface area (Å²) in [4.78, 5) is 49.3. The van der Waals surface area contributed by atoms with Crippen molar-refractivity contribution in [3.63, 3.8) is 0 Å². The van der Waals surface area contributed by atoms with Crippen molar-refractivity contribution >= 4 is 23.3 Å². The number of fused-ring (bicyclic) bond motifs is 1. The van der Waals surface area contributed by atoms with Crippen molar-refractivity contribution in [1.29, 1.82) is 0 Å². The van der Waals surface area contributed by atoms with Gasteiger partial charge >= 0.3 is 5.69 Å². The van der Waals surface area contributed by atoms with Gasteiger partial charge in [-0.1, -0.05) is 12.1 Å². The zero-order chi connectivity index (χ0) is 20.4. The second-order valence-electron chi connectivity index (χ2n) is 6.05. The van der Waals surface area contributed by atoms with E-state index >= 15 is 0 Å². The van der Waals surface area contributed by atoms with Crippen LogP contribution in [0, 0.1) is 10.1 Å². The van der Waals surface area contributed by atoms with E-state index < -0.39 is 35.2 Å². The van der Waals surface area contributed by atoms with Gasteiger partial charge in [-0.05, 0) is 31.2 Å². The van der Waals surface area contributed by atoms with E-state index in [1.54, 1.807) is 18.2 Å². The van der Waals surface area contributed by atoms with Crippen LogP contribution in [0.4, 0.5) is 5.69 Å². The first-order valence-corrected chi connectivity index (χ1v) is 8.30. The number of amides is 2. The maximum atomic E-state index is 12.8. The molecule has 0 aromatic heterocycles. The number of benzene rings is 2. The number of carbonyl (C=O) groups excluding carboxylic acids is 3. The molecule has 2 aromatic rings. The summed E-state index contributed by atoms with van der Waals surface area (Å²) in [7, 11) is 1.28. The second kappa shape index (κ2) is 7.47. The molecule has 0 fully saturated rings. The number of methoxy groups -OCH3 is 1. The van der Waals surface area contributed by atoms with E-state index in [0.29, 0.717) is 0 Å². The van der Waals surface area contributed by atoms with Crippen molar-refractivity contribution in [2.45, 2.75) is 13.0 Å². The lowest BCUT2D eigenvalue weighted by atomic mass is 10.1. The number of rotatable bonds is 5. The van der Waals surface area contributed by atoms with Crippen LogP contribution in [0.5, 0.6) is 11.5 Å². The summed E-state index contributed by atoms with van der Waals surface area (Å²) in [6.45, 7) is 0.913. The third-order valence-electron chi connectivity index (χ3n) is 4.28. The first-order chi connectivity index (χ1) is 13.3. The Morgan fingerprint density at radius 1 is 1.25 bits per heavy atom. The molecule has 2 aromatic carbocycles. The Balaban J connectivity index is 1.93. The van der Waals surface area contributed by atoms with Crippen LogP contribution in [-0.4, -0.2) is 47.2 Å². The smallest absolute Gasteiger partial charge is 0.311 e. The fourth-order valence-corrected chi connectivity index (χ4v) is 2.84. The third-order valence-corrected chi connectivity index (χ3v) is 4.28. The Morgan fingerprint density at radius 2 is 1.96 bits per heavy atom. The van der Waals surface area contributed by atoms with Crippen LogP contribution in [0.25, 0.3) is 0 Å². The van der Waals surface area contributed by atoms with Gasteiger partial charge in [0.25, 0.3) is 11.8 Å². The average molecular weight is 384 g/mol. The molecule has 1 aliphatic heterocycles. The molecule has 0 spiro atoms. The molecule has 1 heterocycles. The number of nitro groups is 1. The lowest BCUT2D eigenvalue weighted by Gasteiger charge is -2.19. The van der Waals surface area contributed by atoms with Crippen LogP contribution in [0.1, 0.15) is 27.6 Å². The summed E-state index contributed by atoms with van der Waals surface area (Å²) in [6.07, 6.45) is -0.967. The first-order valence-electron chi connectivity index (χ1n) is 8.30. The Bertz CT molecular complexity index is 986. The minimum Gasteiger partial charge on any atom is -0.490 e. The number of nitrogens with zero attached hydrogens (tertiary/aromatic N) is 2. The molecule has 0 aliphatic carbocycles. The van der Waals surface area contributed by atoms with E-state index in [9.17, 15) is 24.5 Å². The van der Waals surface area contributed by atoms with E-state index in [4.69, 9.17) is 9.47 Å². The Morgan fingerprint density at radius 3 is 2.64 bits per heavy atom. The topological polar surface area (TPSA) is 116 Å². The molecule has 2 amide bonds. The van der Waals surface area contributed by atoms with E-state index in [-0.39, 0.29) is 28.3 Å². The Labute approximate surface area is 159 Å². The number of ketones is 1. The minimum atomic E-state index is -0.967. The molecule has 28 heavy (non-hydrogen) atoms. The molecule has 3 rings (SSSR count). The monoisotopic (exact) mass is 384 g/mol. The van der Waals surface area contributed by atoms with Crippen LogP contribution in [-0.2, 0) is 4.79 Å². The summed E-state index contributed by atoms with van der Waals surface area (Å²) >= 11 is 0. The molecule has 0 bridgehead atoms. The fourth-order valence-electron chi connectivity index (χ4n) is 2.84. The SMILES string of the molecule is COc1ccc(C(=O)CN2C(=O)c3ccccc3OC(C)C2=O)cc1[N+](=O)[O-]. The highest BCUT2D eigenvalue weighted by Gasteiger charge is 2.35. The van der Waals surface area contributed by atoms with Crippen LogP contribution in [0.2, 0.25) is 0 Å². The largest absolute Gasteiger partial charge is 0.490 e. The van der Waals surface area contributed by atoms with Crippen molar-refractivity contribution in [3.8, 4) is 11.5 Å². The normalized spacial score (nSPS) is 16.1. The summed E-state index contributed by atoms with van der Waals surface area (Å²) in [6, 6.07) is 10.0. The highest BCUT2D eigenvalue weighted by Crippen LogP contribution is 2.29. The number of carbonyl (C=O) groups is 3. The van der Waals surface area contributed by atoms with Crippen LogP contribution < -0.4 is 9.47 Å². The second-order valence-corrected chi connectivity index (χ2v) is 6.05. The minimum absolute atomic E-state index is 0.000533. The number of nitro benzene ring substituents is 1. The fraction of sp³-hybridized carbons (Fsp3) is 0.211. The molecular formula is C19H16N2O7. The standard InChI is InChI=1S/C19H16N2O7/c1-11-18(23)20(19(24)13-5-3-4-6-16(13)28-11)10-15(22)12-7-8-17(27-2)14(9-12)21(25)26/h3-9,11H,10H2,1-2H3. The van der Waals surface area contributed by atoms with Gasteiger partial charge in [-0.3, -0.25) is 29.4 Å². The number of ether oxygens (including phenoxy) is 2. The molecule has 9 heteroatoms. The van der Waals surface area contributed by atoms with Gasteiger partial charge < -0.3 is 9.47 Å². The van der Waals surface area contributed by atoms with Crippen molar-refractivity contribution in [2.75, 3.05) is 13.7 Å². The summed E-state index contributed by atoms with van der Waals surface area (Å²) in [5.41, 5.74) is -0.239. The molecule has 9 nitrogen and oxygen atoms in total. The molecular weight excluding hydrogens is 368 g/mol. The quantitative estimate of drug-likeness (QED) is 0.336. The lowest BCUT2D eigenvalue weighted by molar-refractivity contribution is -0.385. The van der Waals surface area contributed by atoms with Gasteiger partial charge in [-0.25, -0.2) is 0 Å². The number of hydrogen-bond donors (Lipinski definition) is 0. The maximum Gasteiger partial charge on any atom is 0.311 e. The highest BCUT2D eigenvalue weighted by molar-refractivity contribution is 6.12. The van der Waals surface area contributed by atoms with Crippen LogP contribution >= 0.6 is 0 Å². The molecule has 144 valence electrons. The zero-order valence-electron chi connectivity index (χ0n) is 15.1. The number of hydrogen-bond acceptors (Lipinski definition) is 7. The maximum absolute atomic E-state index is 12.8. The highest BCUT2D eigenvalue weighted by atomic mass is 16.6. The lowest BCUT2D eigenvalue weighted by Crippen LogP contribution is -2.44. The van der Waals surface area contributed by atoms with Gasteiger partial charge in [0.2, 0.25) is 0 Å². The number of Topliss-reactive ketones (excluding diaryl/α,β-unsaturated/α-hetero) is 1. The molecule has 1 unspecified atom stereocenters. The van der Waals surface area contributed by atoms with Crippen molar-refractivity contribution in [2.24, 2.45) is 0 Å². The predicted octanol–water partition coefficient (Wildman–Crippen LogP) is 2.24. The van der Waals surface area contributed by atoms with Crippen molar-refractivity contribution in [3.05, 3.63) is 63.7 Å². The van der Waals surface area contributed by atoms with Gasteiger partial charge in [0, 0.05) is 11.6 Å². The Kier molecular flexibility index (Phi) is 5.08. The third kappa shape index (κ3) is 3.41. The van der Waals surface area contributed by atoms with Crippen LogP contribution in [0.15, 0.2) is 42.5 Å². The summed E-state index contributed by atoms with van der Waals surface area (Å²) in [5.74, 6) is -1.71. The zero-order valence-corrected chi connectivity index (χ0v) is 15.1. The van der Waals surface area contributed by atoms with Crippen molar-refractivity contribution in [1.82, 2.24) is 4.90 Å². The molecule has 1 atom stereocenters.